The summed E-state index contributed by atoms with van der Waals surface area (Å²) in [5.74, 6) is 0.389. The first-order valence-corrected chi connectivity index (χ1v) is 11.6. The summed E-state index contributed by atoms with van der Waals surface area (Å²) in [4.78, 5) is 42.0. The Labute approximate surface area is 200 Å². The lowest BCUT2D eigenvalue weighted by atomic mass is 10.2. The fourth-order valence-corrected chi connectivity index (χ4v) is 3.88. The van der Waals surface area contributed by atoms with Crippen molar-refractivity contribution in [1.82, 2.24) is 25.2 Å². The van der Waals surface area contributed by atoms with E-state index >= 15 is 0 Å². The molecule has 11 nitrogen and oxygen atoms in total. The molecule has 2 aromatic heterocycles. The van der Waals surface area contributed by atoms with Crippen LogP contribution in [-0.2, 0) is 26.6 Å². The maximum atomic E-state index is 12.9. The molecule has 0 bridgehead atoms. The van der Waals surface area contributed by atoms with E-state index in [0.29, 0.717) is 17.1 Å². The van der Waals surface area contributed by atoms with Crippen LogP contribution >= 0.6 is 11.8 Å². The van der Waals surface area contributed by atoms with Crippen LogP contribution in [0.4, 0.5) is 5.82 Å². The Morgan fingerprint density at radius 3 is 2.74 bits per heavy atom. The van der Waals surface area contributed by atoms with Crippen molar-refractivity contribution in [3.05, 3.63) is 70.0 Å². The molecule has 2 N–H and O–H groups in total. The number of ether oxygens (including phenoxy) is 1. The van der Waals surface area contributed by atoms with Gasteiger partial charge in [-0.1, -0.05) is 40.6 Å². The van der Waals surface area contributed by atoms with E-state index in [2.05, 4.69) is 30.6 Å². The number of carbonyl (C=O) groups is 2. The number of Topliss-reactive ketones (excluding diaryl/α,β-unsaturated/α-hetero) is 1. The van der Waals surface area contributed by atoms with Crippen LogP contribution in [0.5, 0.6) is 0 Å². The second-order valence-corrected chi connectivity index (χ2v) is 8.33. The Morgan fingerprint density at radius 1 is 1.24 bits per heavy atom. The number of nitrogens with zero attached hydrogens (tertiary/aromatic N) is 4. The zero-order valence-electron chi connectivity index (χ0n) is 18.9. The number of amides is 1. The highest BCUT2D eigenvalue weighted by Crippen LogP contribution is 2.12. The van der Waals surface area contributed by atoms with E-state index in [9.17, 15) is 14.4 Å². The van der Waals surface area contributed by atoms with Crippen LogP contribution in [0.15, 0.2) is 52.1 Å². The number of hydrogen-bond acceptors (Lipinski definition) is 10. The van der Waals surface area contributed by atoms with E-state index in [4.69, 9.17) is 4.74 Å². The smallest absolute Gasteiger partial charge is 0.294 e. The highest BCUT2D eigenvalue weighted by atomic mass is 32.2. The lowest BCUT2D eigenvalue weighted by Crippen LogP contribution is -2.42. The molecule has 1 amide bonds. The van der Waals surface area contributed by atoms with Gasteiger partial charge in [0.15, 0.2) is 11.6 Å². The summed E-state index contributed by atoms with van der Waals surface area (Å²) in [6, 6.07) is 8.85. The van der Waals surface area contributed by atoms with Gasteiger partial charge < -0.3 is 15.4 Å². The highest BCUT2D eigenvalue weighted by molar-refractivity contribution is 7.99. The van der Waals surface area contributed by atoms with Crippen molar-refractivity contribution in [3.63, 3.8) is 0 Å². The summed E-state index contributed by atoms with van der Waals surface area (Å²) in [6.45, 7) is 1.71. The first-order valence-electron chi connectivity index (χ1n) is 10.5. The predicted molar refractivity (Wildman–Crippen MR) is 126 cm³/mol. The number of nitrogens with one attached hydrogen (secondary N) is 2. The molecular formula is C22H26N6O5S. The number of benzene rings is 1. The SMILES string of the molecule is COCC(C(=O)NCC(=O)CSCc1ccccc1)n1ccnc(NCc2nonc2C)c1=O. The molecule has 34 heavy (non-hydrogen) atoms. The molecule has 12 heteroatoms. The molecular weight excluding hydrogens is 460 g/mol. The van der Waals surface area contributed by atoms with Crippen molar-refractivity contribution in [3.8, 4) is 0 Å². The molecule has 1 aromatic carbocycles. The van der Waals surface area contributed by atoms with E-state index in [1.807, 2.05) is 30.3 Å². The number of hydrogen-bond donors (Lipinski definition) is 2. The Bertz CT molecular complexity index is 1150. The zero-order chi connectivity index (χ0) is 24.3. The standard InChI is InChI=1S/C22H26N6O5S/c1-15-18(27-33-26-15)11-24-20-22(31)28(9-8-23-20)19(12-32-2)21(30)25-10-17(29)14-34-13-16-6-4-3-5-7-16/h3-9,19H,10-14H2,1-2H3,(H,23,24)(H,25,30). The van der Waals surface area contributed by atoms with E-state index in [0.717, 1.165) is 5.56 Å². The third kappa shape index (κ3) is 6.99. The fraction of sp³-hybridized carbons (Fsp3) is 0.364. The first-order chi connectivity index (χ1) is 16.5. The Balaban J connectivity index is 1.57. The van der Waals surface area contributed by atoms with Crippen LogP contribution in [0.1, 0.15) is 23.0 Å². The van der Waals surface area contributed by atoms with Gasteiger partial charge in [-0.25, -0.2) is 9.61 Å². The van der Waals surface area contributed by atoms with Crippen LogP contribution in [0.25, 0.3) is 0 Å². The topological polar surface area (TPSA) is 141 Å². The maximum Gasteiger partial charge on any atom is 0.294 e. The fourth-order valence-electron chi connectivity index (χ4n) is 3.02. The van der Waals surface area contributed by atoms with Gasteiger partial charge in [-0.2, -0.15) is 0 Å². The Kier molecular flexibility index (Phi) is 9.35. The number of rotatable bonds is 13. The van der Waals surface area contributed by atoms with Gasteiger partial charge in [-0.15, -0.1) is 11.8 Å². The van der Waals surface area contributed by atoms with Crippen LogP contribution < -0.4 is 16.2 Å². The highest BCUT2D eigenvalue weighted by Gasteiger charge is 2.23. The van der Waals surface area contributed by atoms with Gasteiger partial charge in [0.1, 0.15) is 17.4 Å². The lowest BCUT2D eigenvalue weighted by molar-refractivity contribution is -0.128. The quantitative estimate of drug-likeness (QED) is 0.364. The van der Waals surface area contributed by atoms with Crippen LogP contribution in [-0.4, -0.2) is 57.6 Å². The third-order valence-electron chi connectivity index (χ3n) is 4.84. The number of aryl methyl sites for hydroxylation is 1. The van der Waals surface area contributed by atoms with Gasteiger partial charge in [0.2, 0.25) is 5.91 Å². The Morgan fingerprint density at radius 2 is 2.03 bits per heavy atom. The molecule has 1 unspecified atom stereocenters. The molecule has 2 heterocycles. The van der Waals surface area contributed by atoms with Crippen molar-refractivity contribution in [2.45, 2.75) is 25.3 Å². The molecule has 0 fully saturated rings. The first kappa shape index (κ1) is 25.1. The Hall–Kier alpha value is -3.51. The molecule has 180 valence electrons. The molecule has 3 rings (SSSR count). The molecule has 0 saturated heterocycles. The van der Waals surface area contributed by atoms with E-state index in [1.165, 1.54) is 35.8 Å². The number of aromatic nitrogens is 4. The molecule has 0 saturated carbocycles. The number of anilines is 1. The van der Waals surface area contributed by atoms with Gasteiger partial charge in [0.05, 0.1) is 25.4 Å². The van der Waals surface area contributed by atoms with Crippen LogP contribution in [0.3, 0.4) is 0 Å². The number of ketones is 1. The van der Waals surface area contributed by atoms with E-state index in [1.54, 1.807) is 6.92 Å². The van der Waals surface area contributed by atoms with Crippen molar-refractivity contribution in [2.24, 2.45) is 0 Å². The normalized spacial score (nSPS) is 11.7. The van der Waals surface area contributed by atoms with Gasteiger partial charge in [0.25, 0.3) is 5.56 Å². The molecule has 0 radical (unpaired) electrons. The maximum absolute atomic E-state index is 12.9. The summed E-state index contributed by atoms with van der Waals surface area (Å²) in [6.07, 6.45) is 2.80. The van der Waals surface area contributed by atoms with Crippen molar-refractivity contribution < 1.29 is 19.0 Å². The molecule has 0 aliphatic rings. The molecule has 0 aliphatic heterocycles. The minimum Gasteiger partial charge on any atom is -0.382 e. The monoisotopic (exact) mass is 486 g/mol. The van der Waals surface area contributed by atoms with Gasteiger partial charge in [-0.3, -0.25) is 19.0 Å². The molecule has 1 atom stereocenters. The van der Waals surface area contributed by atoms with Gasteiger partial charge in [0, 0.05) is 25.3 Å². The summed E-state index contributed by atoms with van der Waals surface area (Å²) >= 11 is 1.48. The second-order valence-electron chi connectivity index (χ2n) is 7.34. The van der Waals surface area contributed by atoms with Crippen LogP contribution in [0.2, 0.25) is 0 Å². The van der Waals surface area contributed by atoms with Crippen molar-refractivity contribution >= 4 is 29.3 Å². The van der Waals surface area contributed by atoms with Crippen LogP contribution in [0, 0.1) is 6.92 Å². The summed E-state index contributed by atoms with van der Waals surface area (Å²) < 4.78 is 11.0. The molecule has 0 aliphatic carbocycles. The number of carbonyl (C=O) groups excluding carboxylic acids is 2. The van der Waals surface area contributed by atoms with E-state index in [-0.39, 0.29) is 37.1 Å². The zero-order valence-corrected chi connectivity index (χ0v) is 19.7. The molecule has 0 spiro atoms. The minimum atomic E-state index is -0.971. The summed E-state index contributed by atoms with van der Waals surface area (Å²) in [7, 11) is 1.43. The van der Waals surface area contributed by atoms with E-state index < -0.39 is 17.5 Å². The third-order valence-corrected chi connectivity index (χ3v) is 5.90. The van der Waals surface area contributed by atoms with Gasteiger partial charge in [-0.05, 0) is 12.5 Å². The average molecular weight is 487 g/mol. The summed E-state index contributed by atoms with van der Waals surface area (Å²) in [5, 5.41) is 12.9. The number of methoxy groups -OCH3 is 1. The lowest BCUT2D eigenvalue weighted by Gasteiger charge is -2.19. The van der Waals surface area contributed by atoms with Gasteiger partial charge >= 0.3 is 0 Å². The number of thioether (sulfide) groups is 1. The molecule has 3 aromatic rings. The second kappa shape index (κ2) is 12.7. The average Bonchev–Trinajstić information content (AvgIpc) is 3.26. The van der Waals surface area contributed by atoms with Crippen molar-refractivity contribution in [2.75, 3.05) is 31.3 Å². The minimum absolute atomic E-state index is 0.0344. The largest absolute Gasteiger partial charge is 0.382 e. The summed E-state index contributed by atoms with van der Waals surface area (Å²) in [5.41, 5.74) is 1.73. The van der Waals surface area contributed by atoms with Crippen molar-refractivity contribution in [1.29, 1.82) is 0 Å². The predicted octanol–water partition coefficient (Wildman–Crippen LogP) is 1.35.